The van der Waals surface area contributed by atoms with Crippen molar-refractivity contribution >= 4 is 38.1 Å². The van der Waals surface area contributed by atoms with Crippen molar-refractivity contribution in [2.45, 2.75) is 5.33 Å². The van der Waals surface area contributed by atoms with E-state index in [9.17, 15) is 5.26 Å². The summed E-state index contributed by atoms with van der Waals surface area (Å²) in [7, 11) is 0. The summed E-state index contributed by atoms with van der Waals surface area (Å²) in [4.78, 5) is 8.96. The molecule has 1 aliphatic heterocycles. The van der Waals surface area contributed by atoms with E-state index in [-0.39, 0.29) is 0 Å². The zero-order chi connectivity index (χ0) is 14.7. The Labute approximate surface area is 136 Å². The van der Waals surface area contributed by atoms with Crippen molar-refractivity contribution in [3.8, 4) is 6.07 Å². The van der Waals surface area contributed by atoms with E-state index in [2.05, 4.69) is 48.9 Å². The van der Waals surface area contributed by atoms with E-state index in [4.69, 9.17) is 0 Å². The number of benzene rings is 1. The lowest BCUT2D eigenvalue weighted by atomic mass is 10.1. The topological polar surface area (TPSA) is 43.2 Å². The molecule has 0 atom stereocenters. The van der Waals surface area contributed by atoms with Crippen LogP contribution >= 0.6 is 27.3 Å². The second-order valence-corrected chi connectivity index (χ2v) is 6.32. The molecular formula is C15H15BrN4S. The molecule has 0 saturated carbocycles. The molecule has 1 aromatic heterocycles. The Morgan fingerprint density at radius 1 is 1.24 bits per heavy atom. The van der Waals surface area contributed by atoms with Crippen LogP contribution in [0.15, 0.2) is 29.8 Å². The molecule has 4 nitrogen and oxygen atoms in total. The molecule has 1 aliphatic rings. The number of thiazole rings is 1. The van der Waals surface area contributed by atoms with Gasteiger partial charge in [-0.15, -0.1) is 11.3 Å². The molecular weight excluding hydrogens is 348 g/mol. The molecule has 0 bridgehead atoms. The maximum Gasteiger partial charge on any atom is 0.185 e. The minimum atomic E-state index is 0.759. The number of nitriles is 1. The lowest BCUT2D eigenvalue weighted by Gasteiger charge is -2.36. The van der Waals surface area contributed by atoms with Gasteiger partial charge in [-0.25, -0.2) is 4.98 Å². The summed E-state index contributed by atoms with van der Waals surface area (Å²) in [6.07, 6.45) is 1.85. The largest absolute Gasteiger partial charge is 0.367 e. The normalized spacial score (nSPS) is 15.0. The number of halogens is 1. The smallest absolute Gasteiger partial charge is 0.185 e. The first-order valence-electron chi connectivity index (χ1n) is 6.80. The van der Waals surface area contributed by atoms with Crippen LogP contribution in [0.4, 0.5) is 10.8 Å². The SMILES string of the molecule is N#Cc1cc(CBr)ccc1N1CCN(c2nccs2)CC1. The third kappa shape index (κ3) is 3.04. The maximum atomic E-state index is 9.36. The van der Waals surface area contributed by atoms with Gasteiger partial charge in [-0.1, -0.05) is 22.0 Å². The second kappa shape index (κ2) is 6.46. The predicted molar refractivity (Wildman–Crippen MR) is 90.3 cm³/mol. The van der Waals surface area contributed by atoms with Gasteiger partial charge < -0.3 is 9.80 Å². The van der Waals surface area contributed by atoms with E-state index in [1.165, 1.54) is 0 Å². The van der Waals surface area contributed by atoms with Gasteiger partial charge >= 0.3 is 0 Å². The molecule has 108 valence electrons. The molecule has 2 heterocycles. The Kier molecular flexibility index (Phi) is 4.42. The Morgan fingerprint density at radius 2 is 2.00 bits per heavy atom. The fourth-order valence-electron chi connectivity index (χ4n) is 2.54. The van der Waals surface area contributed by atoms with Crippen molar-refractivity contribution < 1.29 is 0 Å². The van der Waals surface area contributed by atoms with Gasteiger partial charge in [0.2, 0.25) is 0 Å². The van der Waals surface area contributed by atoms with Crippen LogP contribution in [0.5, 0.6) is 0 Å². The standard InChI is InChI=1S/C15H15BrN4S/c16-10-12-1-2-14(13(9-12)11-17)19-4-6-20(7-5-19)15-18-3-8-21-15/h1-3,8-9H,4-7,10H2. The lowest BCUT2D eigenvalue weighted by molar-refractivity contribution is 0.651. The number of anilines is 2. The number of hydrogen-bond donors (Lipinski definition) is 0. The highest BCUT2D eigenvalue weighted by Crippen LogP contribution is 2.25. The van der Waals surface area contributed by atoms with E-state index in [0.717, 1.165) is 53.5 Å². The lowest BCUT2D eigenvalue weighted by Crippen LogP contribution is -2.46. The van der Waals surface area contributed by atoms with Crippen LogP contribution in [0, 0.1) is 11.3 Å². The van der Waals surface area contributed by atoms with Crippen molar-refractivity contribution in [1.29, 1.82) is 5.26 Å². The number of piperazine rings is 1. The average Bonchev–Trinajstić information content (AvgIpc) is 3.09. The number of alkyl halides is 1. The molecule has 1 fully saturated rings. The van der Waals surface area contributed by atoms with Gasteiger partial charge in [0.1, 0.15) is 6.07 Å². The highest BCUT2D eigenvalue weighted by atomic mass is 79.9. The molecule has 0 amide bonds. The molecule has 0 unspecified atom stereocenters. The highest BCUT2D eigenvalue weighted by Gasteiger charge is 2.20. The molecule has 1 aromatic carbocycles. The highest BCUT2D eigenvalue weighted by molar-refractivity contribution is 9.08. The van der Waals surface area contributed by atoms with Crippen LogP contribution in [-0.2, 0) is 5.33 Å². The first kappa shape index (κ1) is 14.4. The summed E-state index contributed by atoms with van der Waals surface area (Å²) in [6, 6.07) is 8.43. The summed E-state index contributed by atoms with van der Waals surface area (Å²) in [5.41, 5.74) is 2.94. The minimum Gasteiger partial charge on any atom is -0.367 e. The van der Waals surface area contributed by atoms with E-state index >= 15 is 0 Å². The summed E-state index contributed by atoms with van der Waals surface area (Å²) < 4.78 is 0. The number of nitrogens with zero attached hydrogens (tertiary/aromatic N) is 4. The molecule has 0 aliphatic carbocycles. The van der Waals surface area contributed by atoms with Crippen molar-refractivity contribution in [3.63, 3.8) is 0 Å². The summed E-state index contributed by atoms with van der Waals surface area (Å²) in [5, 5.41) is 13.2. The van der Waals surface area contributed by atoms with Gasteiger partial charge in [0, 0.05) is 43.1 Å². The van der Waals surface area contributed by atoms with E-state index in [1.807, 2.05) is 17.6 Å². The summed E-state index contributed by atoms with van der Waals surface area (Å²) in [5.74, 6) is 0. The van der Waals surface area contributed by atoms with Crippen molar-refractivity contribution in [1.82, 2.24) is 4.98 Å². The molecule has 0 spiro atoms. The van der Waals surface area contributed by atoms with Gasteiger partial charge in [-0.05, 0) is 17.7 Å². The number of rotatable bonds is 3. The molecule has 6 heteroatoms. The van der Waals surface area contributed by atoms with Crippen LogP contribution < -0.4 is 9.80 Å². The fourth-order valence-corrected chi connectivity index (χ4v) is 3.59. The average molecular weight is 363 g/mol. The molecule has 0 radical (unpaired) electrons. The van der Waals surface area contributed by atoms with Crippen molar-refractivity contribution in [2.24, 2.45) is 0 Å². The third-order valence-corrected chi connectivity index (χ3v) is 5.13. The van der Waals surface area contributed by atoms with Crippen LogP contribution in [0.1, 0.15) is 11.1 Å². The van der Waals surface area contributed by atoms with Crippen LogP contribution in [0.25, 0.3) is 0 Å². The van der Waals surface area contributed by atoms with E-state index in [0.29, 0.717) is 0 Å². The third-order valence-electron chi connectivity index (χ3n) is 3.65. The Bertz CT molecular complexity index is 642. The van der Waals surface area contributed by atoms with Gasteiger partial charge in [-0.3, -0.25) is 0 Å². The first-order chi connectivity index (χ1) is 10.3. The summed E-state index contributed by atoms with van der Waals surface area (Å²) in [6.45, 7) is 3.72. The van der Waals surface area contributed by atoms with Gasteiger partial charge in [-0.2, -0.15) is 5.26 Å². The molecule has 3 rings (SSSR count). The Balaban J connectivity index is 1.74. The first-order valence-corrected chi connectivity index (χ1v) is 8.80. The Morgan fingerprint density at radius 3 is 2.62 bits per heavy atom. The second-order valence-electron chi connectivity index (χ2n) is 4.89. The molecule has 21 heavy (non-hydrogen) atoms. The molecule has 0 N–H and O–H groups in total. The predicted octanol–water partition coefficient (Wildman–Crippen LogP) is 3.24. The summed E-state index contributed by atoms with van der Waals surface area (Å²) >= 11 is 5.11. The quantitative estimate of drug-likeness (QED) is 0.786. The number of hydrogen-bond acceptors (Lipinski definition) is 5. The van der Waals surface area contributed by atoms with Crippen molar-refractivity contribution in [2.75, 3.05) is 36.0 Å². The van der Waals surface area contributed by atoms with E-state index < -0.39 is 0 Å². The monoisotopic (exact) mass is 362 g/mol. The van der Waals surface area contributed by atoms with Crippen LogP contribution in [0.3, 0.4) is 0 Å². The van der Waals surface area contributed by atoms with Crippen LogP contribution in [-0.4, -0.2) is 31.2 Å². The van der Waals surface area contributed by atoms with Gasteiger partial charge in [0.15, 0.2) is 5.13 Å². The van der Waals surface area contributed by atoms with E-state index in [1.54, 1.807) is 11.3 Å². The maximum absolute atomic E-state index is 9.36. The van der Waals surface area contributed by atoms with Crippen LogP contribution in [0.2, 0.25) is 0 Å². The van der Waals surface area contributed by atoms with Crippen molar-refractivity contribution in [3.05, 3.63) is 40.9 Å². The number of aromatic nitrogens is 1. The fraction of sp³-hybridized carbons (Fsp3) is 0.333. The zero-order valence-electron chi connectivity index (χ0n) is 11.5. The van der Waals surface area contributed by atoms with Gasteiger partial charge in [0.05, 0.1) is 11.3 Å². The Hall–Kier alpha value is -1.58. The molecule has 1 saturated heterocycles. The minimum absolute atomic E-state index is 0.759. The zero-order valence-corrected chi connectivity index (χ0v) is 13.9. The van der Waals surface area contributed by atoms with Gasteiger partial charge in [0.25, 0.3) is 0 Å². The molecule has 2 aromatic rings.